The summed E-state index contributed by atoms with van der Waals surface area (Å²) in [6, 6.07) is 7.80. The molecular formula is C44H62ClNO6. The number of esters is 1. The van der Waals surface area contributed by atoms with Crippen molar-refractivity contribution in [2.45, 2.75) is 145 Å². The zero-order chi connectivity index (χ0) is 37.9. The van der Waals surface area contributed by atoms with Crippen LogP contribution in [-0.2, 0) is 25.7 Å². The Kier molecular flexibility index (Phi) is 9.08. The molecule has 8 heteroatoms. The maximum Gasteiger partial charge on any atom is 0.309 e. The van der Waals surface area contributed by atoms with Crippen LogP contribution in [0.2, 0.25) is 5.02 Å². The fourth-order valence-electron chi connectivity index (χ4n) is 13.9. The average molecular weight is 736 g/mol. The number of Topliss-reactive ketones (excluding diaryl/α,β-unsaturated/α-hetero) is 1. The van der Waals surface area contributed by atoms with Crippen molar-refractivity contribution >= 4 is 29.3 Å². The molecule has 7 rings (SSSR count). The number of benzene rings is 1. The third kappa shape index (κ3) is 5.20. The van der Waals surface area contributed by atoms with Crippen LogP contribution < -0.4 is 5.32 Å². The molecule has 0 bridgehead atoms. The lowest BCUT2D eigenvalue weighted by Gasteiger charge is -2.71. The number of carbonyl (C=O) groups excluding carboxylic acids is 2. The maximum atomic E-state index is 14.0. The van der Waals surface area contributed by atoms with Crippen molar-refractivity contribution in [3.63, 3.8) is 0 Å². The molecule has 0 radical (unpaired) electrons. The number of nitrogens with one attached hydrogen (secondary N) is 1. The summed E-state index contributed by atoms with van der Waals surface area (Å²) in [5.74, 6) is -0.255. The Labute approximate surface area is 316 Å². The van der Waals surface area contributed by atoms with Crippen molar-refractivity contribution in [2.24, 2.45) is 55.7 Å². The van der Waals surface area contributed by atoms with E-state index in [4.69, 9.17) is 16.3 Å². The van der Waals surface area contributed by atoms with Crippen LogP contribution in [0.4, 0.5) is 0 Å². The Morgan fingerprint density at radius 3 is 2.27 bits per heavy atom. The van der Waals surface area contributed by atoms with Gasteiger partial charge in [0.25, 0.3) is 0 Å². The van der Waals surface area contributed by atoms with E-state index in [9.17, 15) is 24.6 Å². The molecule has 1 spiro atoms. The van der Waals surface area contributed by atoms with Gasteiger partial charge in [0, 0.05) is 35.4 Å². The van der Waals surface area contributed by atoms with Gasteiger partial charge in [0.2, 0.25) is 0 Å². The highest BCUT2D eigenvalue weighted by molar-refractivity contribution is 6.30. The summed E-state index contributed by atoms with van der Waals surface area (Å²) in [7, 11) is 0. The zero-order valence-corrected chi connectivity index (χ0v) is 33.5. The number of allylic oxidation sites excluding steroid dienone is 1. The normalized spacial score (nSPS) is 41.4. The number of aliphatic hydroxyl groups is 1. The monoisotopic (exact) mass is 735 g/mol. The predicted octanol–water partition coefficient (Wildman–Crippen LogP) is 8.94. The van der Waals surface area contributed by atoms with Crippen LogP contribution in [0, 0.1) is 55.7 Å². The van der Waals surface area contributed by atoms with Crippen LogP contribution in [0.3, 0.4) is 0 Å². The highest BCUT2D eigenvalue weighted by Crippen LogP contribution is 2.87. The molecular weight excluding hydrogens is 674 g/mol. The number of carboxylic acids is 1. The van der Waals surface area contributed by atoms with Gasteiger partial charge in [-0.25, -0.2) is 0 Å². The van der Waals surface area contributed by atoms with Crippen LogP contribution >= 0.6 is 11.6 Å². The quantitative estimate of drug-likeness (QED) is 0.206. The Hall–Kier alpha value is -2.22. The zero-order valence-electron chi connectivity index (χ0n) is 32.8. The van der Waals surface area contributed by atoms with Gasteiger partial charge in [0.15, 0.2) is 5.78 Å². The van der Waals surface area contributed by atoms with Crippen LogP contribution in [-0.4, -0.2) is 46.7 Å². The van der Waals surface area contributed by atoms with Gasteiger partial charge in [-0.05, 0) is 134 Å². The van der Waals surface area contributed by atoms with E-state index in [1.807, 2.05) is 24.3 Å². The molecule has 7 nitrogen and oxygen atoms in total. The Morgan fingerprint density at radius 1 is 0.942 bits per heavy atom. The lowest BCUT2D eigenvalue weighted by molar-refractivity contribution is -0.220. The molecule has 5 saturated carbocycles. The second-order valence-corrected chi connectivity index (χ2v) is 20.4. The van der Waals surface area contributed by atoms with E-state index >= 15 is 0 Å². The Morgan fingerprint density at radius 2 is 1.62 bits per heavy atom. The van der Waals surface area contributed by atoms with Gasteiger partial charge in [-0.3, -0.25) is 14.4 Å². The number of ether oxygens (including phenoxy) is 1. The number of aliphatic carboxylic acids is 1. The molecule has 0 saturated heterocycles. The number of carbonyl (C=O) groups is 3. The van der Waals surface area contributed by atoms with Crippen molar-refractivity contribution in [1.82, 2.24) is 5.32 Å². The van der Waals surface area contributed by atoms with E-state index in [1.165, 1.54) is 5.57 Å². The minimum atomic E-state index is -1.15. The van der Waals surface area contributed by atoms with Crippen molar-refractivity contribution in [1.29, 1.82) is 0 Å². The summed E-state index contributed by atoms with van der Waals surface area (Å²) in [4.78, 5) is 38.9. The maximum absolute atomic E-state index is 14.0. The van der Waals surface area contributed by atoms with Gasteiger partial charge in [0.05, 0.1) is 17.9 Å². The molecule has 0 aliphatic heterocycles. The van der Waals surface area contributed by atoms with Gasteiger partial charge in [-0.2, -0.15) is 0 Å². The topological polar surface area (TPSA) is 113 Å². The first kappa shape index (κ1) is 38.1. The molecule has 0 amide bonds. The van der Waals surface area contributed by atoms with E-state index in [1.54, 1.807) is 13.8 Å². The van der Waals surface area contributed by atoms with Crippen LogP contribution in [0.15, 0.2) is 35.4 Å². The van der Waals surface area contributed by atoms with Crippen LogP contribution in [0.5, 0.6) is 0 Å². The fraction of sp³-hybridized carbons (Fsp3) is 0.750. The van der Waals surface area contributed by atoms with Crippen LogP contribution in [0.25, 0.3) is 0 Å². The second-order valence-electron chi connectivity index (χ2n) is 20.0. The number of ketones is 1. The Balaban J connectivity index is 1.14. The van der Waals surface area contributed by atoms with E-state index in [2.05, 4.69) is 46.9 Å². The molecule has 6 aliphatic carbocycles. The summed E-state index contributed by atoms with van der Waals surface area (Å²) >= 11 is 6.11. The molecule has 2 unspecified atom stereocenters. The lowest BCUT2D eigenvalue weighted by atomic mass is 9.33. The summed E-state index contributed by atoms with van der Waals surface area (Å²) in [6.07, 6.45) is 8.51. The predicted molar refractivity (Wildman–Crippen MR) is 202 cm³/mol. The third-order valence-electron chi connectivity index (χ3n) is 17.1. The van der Waals surface area contributed by atoms with E-state index in [0.29, 0.717) is 30.5 Å². The highest BCUT2D eigenvalue weighted by Gasteiger charge is 2.82. The molecule has 6 aliphatic rings. The Bertz CT molecular complexity index is 1680. The smallest absolute Gasteiger partial charge is 0.309 e. The first-order valence-electron chi connectivity index (χ1n) is 20.1. The number of carboxylic acid groups (broad SMARTS) is 1. The molecule has 0 aromatic heterocycles. The molecule has 52 heavy (non-hydrogen) atoms. The largest absolute Gasteiger partial charge is 0.481 e. The molecule has 5 fully saturated rings. The van der Waals surface area contributed by atoms with E-state index < -0.39 is 28.9 Å². The van der Waals surface area contributed by atoms with Gasteiger partial charge in [-0.15, -0.1) is 0 Å². The number of hydrogen-bond donors (Lipinski definition) is 3. The first-order chi connectivity index (χ1) is 24.2. The SMILES string of the molecule is CC(C)C1=C2[C@H]3CC[C@@H]4[C@@]5(C)CC[C@H](OC(=O)CC(C)(C)C(=O)O)C6(C)C[C@]65CC[C@@]4(C)[C@]3(C)CCC2([C@H](O)CNCc2ccc(Cl)cc2)CC1=O. The standard InChI is InChI=1S/C44H62ClNO6/c1-26(2)35-30(47)21-43(32(48)24-46-23-27-9-11-28(45)12-10-27)19-17-39(5)29(36(35)43)13-14-31-40(39,6)18-20-44-25-42(44,8)33(15-16-41(31,44)7)52-34(49)22-38(3,4)37(50)51/h9-12,26,29,31-33,46,48H,13-25H2,1-8H3,(H,50,51)/t29-,31+,32-,33+,39-,40-,41-,42?,43?,44+/m1/s1. The molecule has 10 atom stereocenters. The first-order valence-corrected chi connectivity index (χ1v) is 20.4. The van der Waals surface area contributed by atoms with Gasteiger partial charge in [0.1, 0.15) is 6.10 Å². The van der Waals surface area contributed by atoms with Crippen molar-refractivity contribution in [2.75, 3.05) is 6.54 Å². The summed E-state index contributed by atoms with van der Waals surface area (Å²) in [5.41, 5.74) is 1.90. The summed E-state index contributed by atoms with van der Waals surface area (Å²) in [6.45, 7) is 18.6. The van der Waals surface area contributed by atoms with Gasteiger partial charge >= 0.3 is 11.9 Å². The minimum absolute atomic E-state index is 0.00238. The van der Waals surface area contributed by atoms with E-state index in [0.717, 1.165) is 68.9 Å². The molecule has 1 aromatic carbocycles. The van der Waals surface area contributed by atoms with Crippen molar-refractivity contribution in [3.8, 4) is 0 Å². The highest BCUT2D eigenvalue weighted by atomic mass is 35.5. The summed E-state index contributed by atoms with van der Waals surface area (Å²) < 4.78 is 6.20. The average Bonchev–Trinajstić information content (AvgIpc) is 3.59. The molecule has 3 N–H and O–H groups in total. The van der Waals surface area contributed by atoms with Crippen LogP contribution in [0.1, 0.15) is 132 Å². The van der Waals surface area contributed by atoms with Crippen molar-refractivity contribution in [3.05, 3.63) is 46.0 Å². The van der Waals surface area contributed by atoms with Crippen molar-refractivity contribution < 1.29 is 29.3 Å². The lowest BCUT2D eigenvalue weighted by Crippen LogP contribution is -2.65. The van der Waals surface area contributed by atoms with E-state index in [-0.39, 0.29) is 57.2 Å². The fourth-order valence-corrected chi connectivity index (χ4v) is 14.0. The number of rotatable bonds is 10. The number of hydrogen-bond acceptors (Lipinski definition) is 6. The minimum Gasteiger partial charge on any atom is -0.481 e. The number of halogens is 1. The molecule has 1 aromatic rings. The van der Waals surface area contributed by atoms with Gasteiger partial charge in [-0.1, -0.05) is 70.8 Å². The third-order valence-corrected chi connectivity index (χ3v) is 17.3. The summed E-state index contributed by atoms with van der Waals surface area (Å²) in [5, 5.41) is 26.0. The number of fused-ring (bicyclic) bond motifs is 6. The second kappa shape index (κ2) is 12.4. The molecule has 286 valence electrons. The molecule has 0 heterocycles. The number of aliphatic hydroxyl groups excluding tert-OH is 1. The van der Waals surface area contributed by atoms with Gasteiger partial charge < -0.3 is 20.3 Å².